The molecule has 2 N–H and O–H groups in total. The molecule has 0 saturated heterocycles. The lowest BCUT2D eigenvalue weighted by atomic mass is 10.1. The van der Waals surface area contributed by atoms with Gasteiger partial charge in [-0.2, -0.15) is 23.5 Å². The minimum Gasteiger partial charge on any atom is -0.381 e. The van der Waals surface area contributed by atoms with Gasteiger partial charge in [0.15, 0.2) is 6.10 Å². The van der Waals surface area contributed by atoms with Crippen LogP contribution in [0.2, 0.25) is 0 Å². The van der Waals surface area contributed by atoms with Crippen LogP contribution in [0.4, 0.5) is 18.9 Å². The number of halogens is 3. The summed E-state index contributed by atoms with van der Waals surface area (Å²) in [5.41, 5.74) is -1.03. The van der Waals surface area contributed by atoms with Crippen molar-refractivity contribution in [2.75, 3.05) is 5.32 Å². The molecule has 1 atom stereocenters. The first-order chi connectivity index (χ1) is 12.2. The van der Waals surface area contributed by atoms with Crippen molar-refractivity contribution in [3.05, 3.63) is 47.3 Å². The molecule has 9 heteroatoms. The van der Waals surface area contributed by atoms with Crippen LogP contribution >= 0.6 is 0 Å². The Balaban J connectivity index is 0.00000163. The lowest BCUT2D eigenvalue weighted by Gasteiger charge is -2.14. The third kappa shape index (κ3) is 5.60. The van der Waals surface area contributed by atoms with Crippen molar-refractivity contribution in [2.24, 2.45) is 0 Å². The van der Waals surface area contributed by atoms with Crippen molar-refractivity contribution in [3.63, 3.8) is 0 Å². The molecular weight excluding hydrogens is 349 g/mol. The predicted octanol–water partition coefficient (Wildman–Crippen LogP) is 3.11. The number of nitrogens with one attached hydrogen (secondary N) is 1. The Hall–Kier alpha value is -2.86. The van der Waals surface area contributed by atoms with Gasteiger partial charge in [0.25, 0.3) is 5.91 Å². The number of benzene rings is 1. The normalized spacial score (nSPS) is 11.8. The Morgan fingerprint density at radius 1 is 1.42 bits per heavy atom. The molecule has 26 heavy (non-hydrogen) atoms. The molecule has 6 nitrogen and oxygen atoms in total. The Labute approximate surface area is 148 Å². The highest BCUT2D eigenvalue weighted by Gasteiger charge is 2.34. The number of aromatic nitrogens is 2. The zero-order valence-corrected chi connectivity index (χ0v) is 14.5. The Morgan fingerprint density at radius 3 is 2.58 bits per heavy atom. The second kappa shape index (κ2) is 9.01. The lowest BCUT2D eigenvalue weighted by Crippen LogP contribution is -2.31. The van der Waals surface area contributed by atoms with E-state index in [1.54, 1.807) is 19.3 Å². The van der Waals surface area contributed by atoms with Crippen LogP contribution in [0.15, 0.2) is 30.6 Å². The molecule has 0 aliphatic carbocycles. The molecule has 2 aromatic rings. The summed E-state index contributed by atoms with van der Waals surface area (Å²) in [6.07, 6.45) is -3.06. The molecule has 1 amide bonds. The van der Waals surface area contributed by atoms with Crippen LogP contribution in [0, 0.1) is 18.3 Å². The van der Waals surface area contributed by atoms with Gasteiger partial charge in [-0.25, -0.2) is 0 Å². The fraction of sp³-hybridized carbons (Fsp3) is 0.353. The molecule has 0 bridgehead atoms. The number of aliphatic hydroxyl groups excluding tert-OH is 1. The first-order valence-electron chi connectivity index (χ1n) is 7.80. The van der Waals surface area contributed by atoms with Gasteiger partial charge in [0.05, 0.1) is 29.9 Å². The molecule has 0 unspecified atom stereocenters. The van der Waals surface area contributed by atoms with E-state index in [4.69, 9.17) is 5.26 Å². The molecule has 1 aromatic carbocycles. The highest BCUT2D eigenvalue weighted by Crippen LogP contribution is 2.33. The van der Waals surface area contributed by atoms with E-state index in [1.165, 1.54) is 10.8 Å². The van der Waals surface area contributed by atoms with Crippen LogP contribution in [0.1, 0.15) is 30.5 Å². The minimum atomic E-state index is -4.73. The van der Waals surface area contributed by atoms with Crippen molar-refractivity contribution < 1.29 is 23.1 Å². The summed E-state index contributed by atoms with van der Waals surface area (Å²) in [7, 11) is 0. The predicted molar refractivity (Wildman–Crippen MR) is 89.1 cm³/mol. The van der Waals surface area contributed by atoms with Crippen molar-refractivity contribution in [1.82, 2.24) is 9.78 Å². The van der Waals surface area contributed by atoms with E-state index < -0.39 is 29.3 Å². The monoisotopic (exact) mass is 368 g/mol. The maximum absolute atomic E-state index is 12.9. The van der Waals surface area contributed by atoms with Gasteiger partial charge in [0.2, 0.25) is 0 Å². The van der Waals surface area contributed by atoms with Crippen LogP contribution < -0.4 is 5.32 Å². The Bertz CT molecular complexity index is 794. The molecule has 0 spiro atoms. The van der Waals surface area contributed by atoms with Gasteiger partial charge >= 0.3 is 6.18 Å². The smallest absolute Gasteiger partial charge is 0.381 e. The number of aliphatic hydroxyl groups is 1. The topological polar surface area (TPSA) is 90.9 Å². The van der Waals surface area contributed by atoms with E-state index in [0.717, 1.165) is 17.7 Å². The molecule has 1 heterocycles. The van der Waals surface area contributed by atoms with Gasteiger partial charge in [-0.1, -0.05) is 13.8 Å². The standard InChI is InChI=1S/C15H13F3N4O2.C2H6/c1-9-6-20-22(7-9)8-13(23)14(24)21-11-3-2-10(5-19)12(4-11)15(16,17)18;1-2/h2-4,6-7,13,23H,8H2,1H3,(H,21,24);1-2H3/t13-;/m0./s1. The van der Waals surface area contributed by atoms with Crippen LogP contribution in [0.5, 0.6) is 0 Å². The average molecular weight is 368 g/mol. The molecule has 0 fully saturated rings. The number of carbonyl (C=O) groups is 1. The number of aryl methyl sites for hydroxylation is 1. The van der Waals surface area contributed by atoms with Crippen molar-refractivity contribution in [1.29, 1.82) is 5.26 Å². The van der Waals surface area contributed by atoms with Gasteiger partial charge in [0.1, 0.15) is 0 Å². The van der Waals surface area contributed by atoms with Crippen molar-refractivity contribution in [3.8, 4) is 6.07 Å². The van der Waals surface area contributed by atoms with E-state index in [2.05, 4.69) is 10.4 Å². The van der Waals surface area contributed by atoms with Gasteiger partial charge in [-0.3, -0.25) is 9.48 Å². The molecule has 1 aromatic heterocycles. The number of alkyl halides is 3. The number of anilines is 1. The van der Waals surface area contributed by atoms with Gasteiger partial charge in [-0.05, 0) is 30.7 Å². The third-order valence-electron chi connectivity index (χ3n) is 3.14. The molecule has 140 valence electrons. The Kier molecular flexibility index (Phi) is 7.34. The zero-order valence-electron chi connectivity index (χ0n) is 14.5. The Morgan fingerprint density at radius 2 is 2.08 bits per heavy atom. The van der Waals surface area contributed by atoms with Crippen LogP contribution in [-0.4, -0.2) is 26.9 Å². The molecule has 2 rings (SSSR count). The quantitative estimate of drug-likeness (QED) is 0.868. The maximum Gasteiger partial charge on any atom is 0.417 e. The summed E-state index contributed by atoms with van der Waals surface area (Å²) in [6, 6.07) is 4.22. The van der Waals surface area contributed by atoms with E-state index in [0.29, 0.717) is 6.07 Å². The number of hydrogen-bond donors (Lipinski definition) is 2. The fourth-order valence-corrected chi connectivity index (χ4v) is 2.01. The second-order valence-electron chi connectivity index (χ2n) is 5.11. The van der Waals surface area contributed by atoms with Gasteiger partial charge in [-0.15, -0.1) is 0 Å². The average Bonchev–Trinajstić information content (AvgIpc) is 3.00. The minimum absolute atomic E-state index is 0.137. The number of hydrogen-bond acceptors (Lipinski definition) is 4. The molecular formula is C17H19F3N4O2. The molecule has 0 saturated carbocycles. The summed E-state index contributed by atoms with van der Waals surface area (Å²) >= 11 is 0. The number of carbonyl (C=O) groups excluding carboxylic acids is 1. The van der Waals surface area contributed by atoms with Crippen molar-refractivity contribution >= 4 is 11.6 Å². The van der Waals surface area contributed by atoms with E-state index in [-0.39, 0.29) is 12.2 Å². The van der Waals surface area contributed by atoms with E-state index in [1.807, 2.05) is 13.8 Å². The third-order valence-corrected chi connectivity index (χ3v) is 3.14. The van der Waals surface area contributed by atoms with E-state index >= 15 is 0 Å². The SMILES string of the molecule is CC.Cc1cnn(C[C@H](O)C(=O)Nc2ccc(C#N)c(C(F)(F)F)c2)c1. The zero-order chi connectivity index (χ0) is 19.9. The molecule has 0 radical (unpaired) electrons. The maximum atomic E-state index is 12.9. The summed E-state index contributed by atoms with van der Waals surface area (Å²) in [5.74, 6) is -0.874. The van der Waals surface area contributed by atoms with Crippen molar-refractivity contribution in [2.45, 2.75) is 39.6 Å². The number of amides is 1. The van der Waals surface area contributed by atoms with Crippen LogP contribution in [-0.2, 0) is 17.5 Å². The lowest BCUT2D eigenvalue weighted by molar-refractivity contribution is -0.137. The highest BCUT2D eigenvalue weighted by atomic mass is 19.4. The highest BCUT2D eigenvalue weighted by molar-refractivity contribution is 5.94. The van der Waals surface area contributed by atoms with Crippen LogP contribution in [0.3, 0.4) is 0 Å². The largest absolute Gasteiger partial charge is 0.417 e. The van der Waals surface area contributed by atoms with Gasteiger partial charge in [0, 0.05) is 11.9 Å². The molecule has 0 aliphatic rings. The first-order valence-corrected chi connectivity index (χ1v) is 7.80. The molecule has 0 aliphatic heterocycles. The summed E-state index contributed by atoms with van der Waals surface area (Å²) in [5, 5.41) is 24.6. The van der Waals surface area contributed by atoms with Gasteiger partial charge < -0.3 is 10.4 Å². The fourth-order valence-electron chi connectivity index (χ4n) is 2.01. The second-order valence-corrected chi connectivity index (χ2v) is 5.11. The number of nitrogens with zero attached hydrogens (tertiary/aromatic N) is 3. The summed E-state index contributed by atoms with van der Waals surface area (Å²) in [4.78, 5) is 11.9. The summed E-state index contributed by atoms with van der Waals surface area (Å²) in [6.45, 7) is 5.65. The van der Waals surface area contributed by atoms with E-state index in [9.17, 15) is 23.1 Å². The summed E-state index contributed by atoms with van der Waals surface area (Å²) < 4.78 is 40.0. The first kappa shape index (κ1) is 21.2. The number of nitriles is 1. The number of rotatable bonds is 4. The van der Waals surface area contributed by atoms with Crippen LogP contribution in [0.25, 0.3) is 0 Å².